The van der Waals surface area contributed by atoms with E-state index in [1.54, 1.807) is 0 Å². The molecule has 0 aliphatic carbocycles. The molecule has 0 radical (unpaired) electrons. The van der Waals surface area contributed by atoms with Gasteiger partial charge in [0.1, 0.15) is 0 Å². The molecule has 0 aromatic heterocycles. The number of aliphatic hydroxyl groups is 1. The van der Waals surface area contributed by atoms with Crippen LogP contribution >= 0.6 is 0 Å². The second kappa shape index (κ2) is 3.06. The number of hydrogen-bond acceptors (Lipinski definition) is 3. The summed E-state index contributed by atoms with van der Waals surface area (Å²) in [6.45, 7) is 0.195. The minimum Gasteiger partial charge on any atom is -0.465 e. The van der Waals surface area contributed by atoms with Gasteiger partial charge in [-0.25, -0.2) is 4.79 Å². The molecule has 1 fully saturated rings. The van der Waals surface area contributed by atoms with Crippen molar-refractivity contribution in [1.29, 1.82) is 0 Å². The highest BCUT2D eigenvalue weighted by Crippen LogP contribution is 2.15. The largest absolute Gasteiger partial charge is 0.465 e. The third-order valence-electron chi connectivity index (χ3n) is 1.90. The molecule has 1 saturated heterocycles. The summed E-state index contributed by atoms with van der Waals surface area (Å²) in [5.74, 6) is 0. The number of aliphatic hydroxyl groups excluding tert-OH is 1. The van der Waals surface area contributed by atoms with Gasteiger partial charge in [-0.05, 0) is 6.42 Å². The topological polar surface area (TPSA) is 86.8 Å². The van der Waals surface area contributed by atoms with Crippen molar-refractivity contribution in [2.75, 3.05) is 13.2 Å². The number of carboxylic acid groups (broad SMARTS) is 1. The highest BCUT2D eigenvalue weighted by atomic mass is 16.4. The molecule has 1 aliphatic rings. The smallest absolute Gasteiger partial charge is 0.407 e. The average molecular weight is 160 g/mol. The van der Waals surface area contributed by atoms with E-state index < -0.39 is 6.09 Å². The zero-order valence-electron chi connectivity index (χ0n) is 6.10. The Labute approximate surface area is 64.4 Å². The van der Waals surface area contributed by atoms with Crippen LogP contribution in [0.4, 0.5) is 4.79 Å². The van der Waals surface area contributed by atoms with Crippen molar-refractivity contribution in [2.45, 2.75) is 18.5 Å². The van der Waals surface area contributed by atoms with Gasteiger partial charge in [0.15, 0.2) is 0 Å². The van der Waals surface area contributed by atoms with E-state index in [0.717, 1.165) is 0 Å². The van der Waals surface area contributed by atoms with Crippen LogP contribution in [-0.4, -0.2) is 46.4 Å². The van der Waals surface area contributed by atoms with Crippen molar-refractivity contribution in [3.05, 3.63) is 0 Å². The Hall–Kier alpha value is -0.810. The first kappa shape index (κ1) is 8.29. The van der Waals surface area contributed by atoms with E-state index in [1.165, 1.54) is 4.90 Å². The number of carbonyl (C=O) groups is 1. The molecule has 0 unspecified atom stereocenters. The minimum atomic E-state index is -1.00. The average Bonchev–Trinajstić information content (AvgIpc) is 2.30. The first-order valence-corrected chi connectivity index (χ1v) is 3.51. The molecule has 0 aromatic carbocycles. The van der Waals surface area contributed by atoms with Crippen LogP contribution in [0.2, 0.25) is 0 Å². The van der Waals surface area contributed by atoms with Crippen molar-refractivity contribution in [1.82, 2.24) is 4.90 Å². The Morgan fingerprint density at radius 2 is 2.36 bits per heavy atom. The summed E-state index contributed by atoms with van der Waals surface area (Å²) < 4.78 is 0. The Balaban J connectivity index is 2.57. The molecule has 64 valence electrons. The molecular formula is C6H12N2O3. The predicted molar refractivity (Wildman–Crippen MR) is 38.2 cm³/mol. The predicted octanol–water partition coefficient (Wildman–Crippen LogP) is -0.942. The highest BCUT2D eigenvalue weighted by Gasteiger charge is 2.32. The fourth-order valence-electron chi connectivity index (χ4n) is 1.36. The molecule has 5 heteroatoms. The van der Waals surface area contributed by atoms with Crippen molar-refractivity contribution >= 4 is 6.09 Å². The molecule has 0 saturated carbocycles. The Morgan fingerprint density at radius 3 is 2.73 bits per heavy atom. The Morgan fingerprint density at radius 1 is 1.73 bits per heavy atom. The van der Waals surface area contributed by atoms with Crippen molar-refractivity contribution in [2.24, 2.45) is 5.73 Å². The van der Waals surface area contributed by atoms with E-state index in [2.05, 4.69) is 0 Å². The summed E-state index contributed by atoms with van der Waals surface area (Å²) >= 11 is 0. The van der Waals surface area contributed by atoms with Crippen molar-refractivity contribution < 1.29 is 15.0 Å². The molecule has 1 rings (SSSR count). The van der Waals surface area contributed by atoms with E-state index in [4.69, 9.17) is 15.9 Å². The lowest BCUT2D eigenvalue weighted by atomic mass is 10.2. The van der Waals surface area contributed by atoms with E-state index in [-0.39, 0.29) is 18.7 Å². The minimum absolute atomic E-state index is 0.122. The van der Waals surface area contributed by atoms with Gasteiger partial charge in [0.05, 0.1) is 12.6 Å². The number of nitrogens with two attached hydrogens (primary N) is 1. The second-order valence-corrected chi connectivity index (χ2v) is 2.77. The molecule has 0 spiro atoms. The van der Waals surface area contributed by atoms with Crippen LogP contribution in [0.3, 0.4) is 0 Å². The fourth-order valence-corrected chi connectivity index (χ4v) is 1.36. The quantitative estimate of drug-likeness (QED) is 0.462. The van der Waals surface area contributed by atoms with Gasteiger partial charge in [-0.1, -0.05) is 0 Å². The van der Waals surface area contributed by atoms with Crippen LogP contribution in [0.1, 0.15) is 6.42 Å². The standard InChI is InChI=1S/C6H12N2O3/c7-4-1-5(3-9)8(2-4)6(10)11/h4-5,9H,1-3,7H2,(H,10,11)/t4-,5-/m0/s1. The number of amides is 1. The van der Waals surface area contributed by atoms with Crippen molar-refractivity contribution in [3.63, 3.8) is 0 Å². The van der Waals surface area contributed by atoms with Crippen LogP contribution in [0.15, 0.2) is 0 Å². The second-order valence-electron chi connectivity index (χ2n) is 2.77. The normalized spacial score (nSPS) is 30.9. The SMILES string of the molecule is N[C@H]1C[C@@H](CO)N(C(=O)O)C1. The Bertz CT molecular complexity index is 162. The maximum Gasteiger partial charge on any atom is 0.407 e. The molecule has 11 heavy (non-hydrogen) atoms. The van der Waals surface area contributed by atoms with Crippen LogP contribution < -0.4 is 5.73 Å². The van der Waals surface area contributed by atoms with Crippen LogP contribution in [0.25, 0.3) is 0 Å². The summed E-state index contributed by atoms with van der Waals surface area (Å²) in [5, 5.41) is 17.3. The molecule has 0 aromatic rings. The van der Waals surface area contributed by atoms with Crippen molar-refractivity contribution in [3.8, 4) is 0 Å². The lowest BCUT2D eigenvalue weighted by Gasteiger charge is -2.18. The summed E-state index contributed by atoms with van der Waals surface area (Å²) in [6.07, 6.45) is -0.444. The zero-order valence-corrected chi connectivity index (χ0v) is 6.10. The molecule has 2 atom stereocenters. The number of likely N-dealkylation sites (tertiary alicyclic amines) is 1. The number of rotatable bonds is 1. The summed E-state index contributed by atoms with van der Waals surface area (Å²) in [7, 11) is 0. The molecule has 5 nitrogen and oxygen atoms in total. The molecule has 1 heterocycles. The summed E-state index contributed by atoms with van der Waals surface area (Å²) in [4.78, 5) is 11.7. The maximum absolute atomic E-state index is 10.5. The number of nitrogens with zero attached hydrogens (tertiary/aromatic N) is 1. The van der Waals surface area contributed by atoms with E-state index in [9.17, 15) is 4.79 Å². The van der Waals surface area contributed by atoms with Crippen LogP contribution in [0.5, 0.6) is 0 Å². The fraction of sp³-hybridized carbons (Fsp3) is 0.833. The zero-order chi connectivity index (χ0) is 8.43. The number of hydrogen-bond donors (Lipinski definition) is 3. The van der Waals surface area contributed by atoms with E-state index in [0.29, 0.717) is 13.0 Å². The van der Waals surface area contributed by atoms with E-state index >= 15 is 0 Å². The monoisotopic (exact) mass is 160 g/mol. The Kier molecular flexibility index (Phi) is 2.31. The van der Waals surface area contributed by atoms with Gasteiger partial charge in [0.25, 0.3) is 0 Å². The van der Waals surface area contributed by atoms with E-state index in [1.807, 2.05) is 0 Å². The van der Waals surface area contributed by atoms with Gasteiger partial charge in [0, 0.05) is 12.6 Å². The lowest BCUT2D eigenvalue weighted by Crippen LogP contribution is -2.37. The van der Waals surface area contributed by atoms with Gasteiger partial charge in [-0.2, -0.15) is 0 Å². The molecule has 0 bridgehead atoms. The first-order chi connectivity index (χ1) is 5.15. The van der Waals surface area contributed by atoms with Crippen LogP contribution in [-0.2, 0) is 0 Å². The highest BCUT2D eigenvalue weighted by molar-refractivity contribution is 5.66. The van der Waals surface area contributed by atoms with Gasteiger partial charge < -0.3 is 20.8 Å². The molecule has 1 aliphatic heterocycles. The van der Waals surface area contributed by atoms with Crippen LogP contribution in [0, 0.1) is 0 Å². The summed E-state index contributed by atoms with van der Waals surface area (Å²) in [5.41, 5.74) is 5.51. The molecule has 1 amide bonds. The lowest BCUT2D eigenvalue weighted by molar-refractivity contribution is 0.118. The van der Waals surface area contributed by atoms with Gasteiger partial charge in [-0.15, -0.1) is 0 Å². The molecular weight excluding hydrogens is 148 g/mol. The third kappa shape index (κ3) is 1.61. The third-order valence-corrected chi connectivity index (χ3v) is 1.90. The van der Waals surface area contributed by atoms with Gasteiger partial charge in [0.2, 0.25) is 0 Å². The van der Waals surface area contributed by atoms with Gasteiger partial charge >= 0.3 is 6.09 Å². The first-order valence-electron chi connectivity index (χ1n) is 3.51. The maximum atomic E-state index is 10.5. The molecule has 4 N–H and O–H groups in total. The summed E-state index contributed by atoms with van der Waals surface area (Å²) in [6, 6.07) is -0.425. The van der Waals surface area contributed by atoms with Gasteiger partial charge in [-0.3, -0.25) is 0 Å².